The number of fused-ring (bicyclic) bond motifs is 1. The van der Waals surface area contributed by atoms with Gasteiger partial charge in [0, 0.05) is 11.8 Å². The van der Waals surface area contributed by atoms with Crippen molar-refractivity contribution in [2.45, 2.75) is 27.7 Å². The number of imidazole rings is 1. The van der Waals surface area contributed by atoms with Crippen molar-refractivity contribution in [1.82, 2.24) is 9.38 Å². The maximum atomic E-state index is 4.91. The first-order valence-electron chi connectivity index (χ1n) is 9.06. The Morgan fingerprint density at radius 1 is 0.778 bits per heavy atom. The Kier molecular flexibility index (Phi) is 4.32. The minimum absolute atomic E-state index is 0.752. The Morgan fingerprint density at radius 3 is 2.37 bits per heavy atom. The third kappa shape index (κ3) is 3.26. The van der Waals surface area contributed by atoms with Gasteiger partial charge in [0.2, 0.25) is 0 Å². The molecule has 0 spiro atoms. The van der Waals surface area contributed by atoms with E-state index >= 15 is 0 Å². The Labute approximate surface area is 159 Å². The van der Waals surface area contributed by atoms with Crippen LogP contribution in [0, 0.1) is 27.7 Å². The van der Waals surface area contributed by atoms with Crippen LogP contribution in [0.4, 0.5) is 11.5 Å². The number of rotatable bonds is 3. The van der Waals surface area contributed by atoms with Crippen molar-refractivity contribution in [1.29, 1.82) is 0 Å². The Bertz CT molecular complexity index is 1170. The third-order valence-electron chi connectivity index (χ3n) is 4.72. The van der Waals surface area contributed by atoms with Gasteiger partial charge in [0.25, 0.3) is 0 Å². The van der Waals surface area contributed by atoms with Crippen LogP contribution in [-0.4, -0.2) is 9.38 Å². The van der Waals surface area contributed by atoms with Gasteiger partial charge >= 0.3 is 0 Å². The van der Waals surface area contributed by atoms with Gasteiger partial charge in [0.15, 0.2) is 5.82 Å². The van der Waals surface area contributed by atoms with Crippen LogP contribution in [0.15, 0.2) is 71.0 Å². The summed E-state index contributed by atoms with van der Waals surface area (Å²) in [4.78, 5) is 4.91. The highest BCUT2D eigenvalue weighted by Gasteiger charge is 2.16. The lowest BCUT2D eigenvalue weighted by atomic mass is 10.0. The summed E-state index contributed by atoms with van der Waals surface area (Å²) in [6, 6.07) is 18.5. The van der Waals surface area contributed by atoms with Gasteiger partial charge in [0.1, 0.15) is 11.3 Å². The van der Waals surface area contributed by atoms with Crippen molar-refractivity contribution in [3.63, 3.8) is 0 Å². The van der Waals surface area contributed by atoms with Gasteiger partial charge in [0.05, 0.1) is 5.69 Å². The fourth-order valence-corrected chi connectivity index (χ4v) is 3.34. The highest BCUT2D eigenvalue weighted by Crippen LogP contribution is 2.35. The first-order chi connectivity index (χ1) is 13.0. The van der Waals surface area contributed by atoms with E-state index in [1.165, 1.54) is 11.1 Å². The van der Waals surface area contributed by atoms with Crippen LogP contribution in [0.5, 0.6) is 0 Å². The lowest BCUT2D eigenvalue weighted by Crippen LogP contribution is -1.86. The van der Waals surface area contributed by atoms with Gasteiger partial charge in [-0.15, -0.1) is 10.2 Å². The second-order valence-corrected chi connectivity index (χ2v) is 7.03. The molecule has 0 unspecified atom stereocenters. The number of pyridine rings is 1. The molecule has 134 valence electrons. The van der Waals surface area contributed by atoms with Crippen molar-refractivity contribution in [2.75, 3.05) is 0 Å². The van der Waals surface area contributed by atoms with Gasteiger partial charge in [-0.3, -0.25) is 4.40 Å². The lowest BCUT2D eigenvalue weighted by molar-refractivity contribution is 1.10. The van der Waals surface area contributed by atoms with Crippen LogP contribution in [0.2, 0.25) is 0 Å². The van der Waals surface area contributed by atoms with E-state index in [2.05, 4.69) is 68.3 Å². The van der Waals surface area contributed by atoms with Gasteiger partial charge in [-0.25, -0.2) is 4.98 Å². The third-order valence-corrected chi connectivity index (χ3v) is 4.72. The highest BCUT2D eigenvalue weighted by atomic mass is 15.2. The number of nitrogens with zero attached hydrogens (tertiary/aromatic N) is 4. The van der Waals surface area contributed by atoms with Crippen LogP contribution in [-0.2, 0) is 0 Å². The summed E-state index contributed by atoms with van der Waals surface area (Å²) in [6.45, 7) is 8.33. The molecule has 0 radical (unpaired) electrons. The van der Waals surface area contributed by atoms with Crippen molar-refractivity contribution in [3.8, 4) is 11.3 Å². The zero-order valence-electron chi connectivity index (χ0n) is 16.1. The molecular formula is C23H22N4. The van der Waals surface area contributed by atoms with E-state index in [1.807, 2.05) is 34.9 Å². The van der Waals surface area contributed by atoms with Crippen LogP contribution >= 0.6 is 0 Å². The number of hydrogen-bond acceptors (Lipinski definition) is 3. The normalized spacial score (nSPS) is 11.6. The minimum Gasteiger partial charge on any atom is -0.282 e. The van der Waals surface area contributed by atoms with E-state index in [1.54, 1.807) is 0 Å². The summed E-state index contributed by atoms with van der Waals surface area (Å²) < 4.78 is 2.02. The largest absolute Gasteiger partial charge is 0.282 e. The molecule has 0 saturated heterocycles. The summed E-state index contributed by atoms with van der Waals surface area (Å²) in [5.74, 6) is 0.752. The predicted octanol–water partition coefficient (Wildman–Crippen LogP) is 6.65. The highest BCUT2D eigenvalue weighted by molar-refractivity contribution is 5.77. The quantitative estimate of drug-likeness (QED) is 0.380. The van der Waals surface area contributed by atoms with E-state index in [4.69, 9.17) is 4.98 Å². The predicted molar refractivity (Wildman–Crippen MR) is 110 cm³/mol. The standard InChI is InChI=1S/C23H22N4/c1-15-7-5-9-19(14-15)25-26-23-21(20-11-10-16(2)13-18(20)4)24-22-17(3)8-6-12-27(22)23/h5-14H,1-4H3. The second-order valence-electron chi connectivity index (χ2n) is 7.03. The number of hydrogen-bond donors (Lipinski definition) is 0. The molecule has 0 N–H and O–H groups in total. The molecule has 2 aromatic heterocycles. The molecule has 0 fully saturated rings. The first-order valence-corrected chi connectivity index (χ1v) is 9.06. The number of aryl methyl sites for hydroxylation is 4. The minimum atomic E-state index is 0.752. The first kappa shape index (κ1) is 17.2. The SMILES string of the molecule is Cc1cccc(N=Nc2c(-c3ccc(C)cc3C)nc3c(C)cccn23)c1. The summed E-state index contributed by atoms with van der Waals surface area (Å²) in [7, 11) is 0. The second kappa shape index (κ2) is 6.80. The zero-order chi connectivity index (χ0) is 19.0. The van der Waals surface area contributed by atoms with Crippen LogP contribution in [0.25, 0.3) is 16.9 Å². The molecule has 2 heterocycles. The average Bonchev–Trinajstić information content (AvgIpc) is 3.00. The molecule has 4 nitrogen and oxygen atoms in total. The van der Waals surface area contributed by atoms with Gasteiger partial charge in [-0.1, -0.05) is 42.0 Å². The summed E-state index contributed by atoms with van der Waals surface area (Å²) >= 11 is 0. The van der Waals surface area contributed by atoms with Gasteiger partial charge in [-0.05, 0) is 62.6 Å². The molecule has 4 heteroatoms. The summed E-state index contributed by atoms with van der Waals surface area (Å²) in [5, 5.41) is 9.10. The molecule has 0 bridgehead atoms. The monoisotopic (exact) mass is 354 g/mol. The molecule has 4 aromatic rings. The van der Waals surface area contributed by atoms with Gasteiger partial charge in [-0.2, -0.15) is 0 Å². The zero-order valence-corrected chi connectivity index (χ0v) is 16.1. The Balaban J connectivity index is 1.93. The Morgan fingerprint density at radius 2 is 1.59 bits per heavy atom. The maximum Gasteiger partial charge on any atom is 0.187 e. The van der Waals surface area contributed by atoms with Crippen molar-refractivity contribution in [3.05, 3.63) is 83.0 Å². The molecule has 2 aromatic carbocycles. The topological polar surface area (TPSA) is 42.0 Å². The van der Waals surface area contributed by atoms with Crippen molar-refractivity contribution < 1.29 is 0 Å². The fourth-order valence-electron chi connectivity index (χ4n) is 3.34. The maximum absolute atomic E-state index is 4.91. The van der Waals surface area contributed by atoms with Crippen LogP contribution in [0.1, 0.15) is 22.3 Å². The molecule has 0 aliphatic carbocycles. The van der Waals surface area contributed by atoms with Crippen molar-refractivity contribution in [2.24, 2.45) is 10.2 Å². The molecular weight excluding hydrogens is 332 g/mol. The average molecular weight is 354 g/mol. The van der Waals surface area contributed by atoms with E-state index in [0.29, 0.717) is 0 Å². The number of benzene rings is 2. The molecule has 0 amide bonds. The van der Waals surface area contributed by atoms with E-state index in [-0.39, 0.29) is 0 Å². The molecule has 0 saturated carbocycles. The molecule has 0 aliphatic heterocycles. The van der Waals surface area contributed by atoms with E-state index in [0.717, 1.165) is 39.5 Å². The summed E-state index contributed by atoms with van der Waals surface area (Å²) in [5.41, 5.74) is 8.38. The number of aromatic nitrogens is 2. The molecule has 0 atom stereocenters. The van der Waals surface area contributed by atoms with Gasteiger partial charge < -0.3 is 0 Å². The van der Waals surface area contributed by atoms with E-state index < -0.39 is 0 Å². The van der Waals surface area contributed by atoms with Crippen LogP contribution in [0.3, 0.4) is 0 Å². The fraction of sp³-hybridized carbons (Fsp3) is 0.174. The van der Waals surface area contributed by atoms with Crippen LogP contribution < -0.4 is 0 Å². The Hall–Kier alpha value is -3.27. The number of azo groups is 1. The smallest absolute Gasteiger partial charge is 0.187 e. The van der Waals surface area contributed by atoms with Crippen molar-refractivity contribution >= 4 is 17.2 Å². The molecule has 4 rings (SSSR count). The lowest BCUT2D eigenvalue weighted by Gasteiger charge is -2.05. The molecule has 27 heavy (non-hydrogen) atoms. The van der Waals surface area contributed by atoms with E-state index in [9.17, 15) is 0 Å². The summed E-state index contributed by atoms with van der Waals surface area (Å²) in [6.07, 6.45) is 1.99. The molecule has 0 aliphatic rings.